The van der Waals surface area contributed by atoms with Crippen LogP contribution in [0.5, 0.6) is 0 Å². The zero-order valence-corrected chi connectivity index (χ0v) is 41.8. The molecule has 0 bridgehead atoms. The lowest BCUT2D eigenvalue weighted by molar-refractivity contribution is -0.390. The molecule has 5 aliphatic heterocycles. The number of hydrogen-bond donors (Lipinski definition) is 13. The van der Waals surface area contributed by atoms with Gasteiger partial charge in [-0.15, -0.1) is 0 Å². The number of aliphatic hydroxyl groups is 13. The van der Waals surface area contributed by atoms with Gasteiger partial charge in [-0.1, -0.05) is 39.3 Å². The maximum absolute atomic E-state index is 12.1. The minimum absolute atomic E-state index is 0.0620. The Kier molecular flexibility index (Phi) is 16.7. The second kappa shape index (κ2) is 21.6. The fourth-order valence-corrected chi connectivity index (χ4v) is 14.7. The molecule has 0 amide bonds. The van der Waals surface area contributed by atoms with Gasteiger partial charge in [0.1, 0.15) is 85.5 Å². The Morgan fingerprint density at radius 2 is 1.35 bits per heavy atom. The van der Waals surface area contributed by atoms with Gasteiger partial charge in [0.2, 0.25) is 0 Å². The summed E-state index contributed by atoms with van der Waals surface area (Å²) < 4.78 is 54.6. The van der Waals surface area contributed by atoms with Crippen LogP contribution in [0.4, 0.5) is 0 Å². The second-order valence-electron chi connectivity index (χ2n) is 23.4. The molecule has 0 aromatic carbocycles. The highest BCUT2D eigenvalue weighted by molar-refractivity contribution is 5.26. The lowest BCUT2D eigenvalue weighted by atomic mass is 9.47. The summed E-state index contributed by atoms with van der Waals surface area (Å²) in [6, 6.07) is 0. The fraction of sp³-hybridized carbons (Fsp3) is 0.960. The molecule has 9 rings (SSSR count). The van der Waals surface area contributed by atoms with E-state index in [1.807, 2.05) is 6.92 Å². The number of rotatable bonds is 14. The first kappa shape index (κ1) is 55.6. The predicted molar refractivity (Wildman–Crippen MR) is 244 cm³/mol. The van der Waals surface area contributed by atoms with Crippen molar-refractivity contribution in [1.82, 2.24) is 0 Å². The standard InChI is InChI=1S/C50H82O22/c1-20(18-64-44-40(61)38(59)35(56)30(16-51)68-44)8-13-50(63)21(2)32-29(72-50)15-27-25-7-6-23-14-24(9-11-48(23,4)26(25)10-12-49(27,32)5)67-47-43(71-46-41(62)37(58)33(54)22(3)66-46)42(36(57)31(17-52)69-47)70-45-39(60)34(55)28(53)19-65-45/h6,20-22,24-47,51-63H,7-19H2,1-5H3. The summed E-state index contributed by atoms with van der Waals surface area (Å²) in [6.07, 6.45) is -19.6. The Hall–Kier alpha value is -1.14. The van der Waals surface area contributed by atoms with Crippen LogP contribution in [0.25, 0.3) is 0 Å². The lowest BCUT2D eigenvalue weighted by Gasteiger charge is -2.58. The van der Waals surface area contributed by atoms with Crippen molar-refractivity contribution in [2.75, 3.05) is 26.4 Å². The van der Waals surface area contributed by atoms with E-state index in [0.29, 0.717) is 43.4 Å². The van der Waals surface area contributed by atoms with Gasteiger partial charge in [0.05, 0.1) is 44.7 Å². The van der Waals surface area contributed by atoms with Gasteiger partial charge >= 0.3 is 0 Å². The number of allylic oxidation sites excluding steroid dienone is 1. The van der Waals surface area contributed by atoms with Gasteiger partial charge in [0, 0.05) is 12.3 Å². The Balaban J connectivity index is 0.856. The van der Waals surface area contributed by atoms with Crippen LogP contribution in [-0.2, 0) is 42.6 Å². The van der Waals surface area contributed by atoms with Gasteiger partial charge in [-0.05, 0) is 98.7 Å². The van der Waals surface area contributed by atoms with Crippen LogP contribution in [-0.4, -0.2) is 228 Å². The van der Waals surface area contributed by atoms with Crippen molar-refractivity contribution >= 4 is 0 Å². The SMILES string of the molecule is CC(CCC1(O)OC2CC3C4CC=C5CC(OC6OC(CO)C(O)C(OC7OCC(O)C(O)C7O)C6OC6OC(C)C(O)C(O)C6O)CCC5(C)C4CCC3(C)C2C1C)COC1OC(CO)C(O)C(O)C1O. The van der Waals surface area contributed by atoms with Crippen molar-refractivity contribution < 1.29 is 109 Å². The van der Waals surface area contributed by atoms with Gasteiger partial charge in [0.25, 0.3) is 0 Å². The minimum atomic E-state index is -1.76. The third-order valence-electron chi connectivity index (χ3n) is 19.1. The van der Waals surface area contributed by atoms with Crippen LogP contribution >= 0.6 is 0 Å². The van der Waals surface area contributed by atoms with Crippen LogP contribution in [0.3, 0.4) is 0 Å². The summed E-state index contributed by atoms with van der Waals surface area (Å²) in [6.45, 7) is 8.79. The zero-order valence-electron chi connectivity index (χ0n) is 41.8. The molecule has 4 aliphatic carbocycles. The van der Waals surface area contributed by atoms with E-state index in [-0.39, 0.29) is 41.3 Å². The van der Waals surface area contributed by atoms with Crippen molar-refractivity contribution in [1.29, 1.82) is 0 Å². The lowest BCUT2D eigenvalue weighted by Crippen LogP contribution is -2.66. The molecule has 0 aromatic heterocycles. The van der Waals surface area contributed by atoms with E-state index in [1.54, 1.807) is 0 Å². The predicted octanol–water partition coefficient (Wildman–Crippen LogP) is -2.37. The highest BCUT2D eigenvalue weighted by Crippen LogP contribution is 2.70. The number of fused-ring (bicyclic) bond motifs is 7. The first-order chi connectivity index (χ1) is 34.0. The van der Waals surface area contributed by atoms with Crippen molar-refractivity contribution in [3.05, 3.63) is 11.6 Å². The van der Waals surface area contributed by atoms with Gasteiger partial charge in [-0.25, -0.2) is 0 Å². The molecule has 30 unspecified atom stereocenters. The highest BCUT2D eigenvalue weighted by atomic mass is 16.8. The number of aliphatic hydroxyl groups excluding tert-OH is 12. The molecule has 72 heavy (non-hydrogen) atoms. The topological polar surface area (TPSA) is 346 Å². The van der Waals surface area contributed by atoms with Crippen LogP contribution in [0.2, 0.25) is 0 Å². The van der Waals surface area contributed by atoms with Crippen molar-refractivity contribution in [3.63, 3.8) is 0 Å². The maximum atomic E-state index is 12.1. The molecule has 22 nitrogen and oxygen atoms in total. The second-order valence-corrected chi connectivity index (χ2v) is 23.4. The zero-order chi connectivity index (χ0) is 51.9. The van der Waals surface area contributed by atoms with E-state index in [2.05, 4.69) is 26.8 Å². The largest absolute Gasteiger partial charge is 0.394 e. The molecule has 0 aromatic rings. The van der Waals surface area contributed by atoms with Crippen LogP contribution < -0.4 is 0 Å². The van der Waals surface area contributed by atoms with E-state index in [4.69, 9.17) is 42.6 Å². The highest BCUT2D eigenvalue weighted by Gasteiger charge is 2.68. The summed E-state index contributed by atoms with van der Waals surface area (Å²) in [5, 5.41) is 138. The summed E-state index contributed by atoms with van der Waals surface area (Å²) in [4.78, 5) is 0. The quantitative estimate of drug-likeness (QED) is 0.0809. The third-order valence-corrected chi connectivity index (χ3v) is 19.1. The molecule has 5 heterocycles. The molecule has 3 saturated carbocycles. The third kappa shape index (κ3) is 9.91. The molecule has 8 fully saturated rings. The molecular formula is C50H82O22. The van der Waals surface area contributed by atoms with Crippen LogP contribution in [0.1, 0.15) is 92.4 Å². The van der Waals surface area contributed by atoms with Gasteiger partial charge in [-0.2, -0.15) is 0 Å². The fourth-order valence-electron chi connectivity index (χ4n) is 14.7. The van der Waals surface area contributed by atoms with Gasteiger partial charge in [0.15, 0.2) is 30.9 Å². The molecule has 30 atom stereocenters. The Morgan fingerprint density at radius 3 is 2.07 bits per heavy atom. The van der Waals surface area contributed by atoms with Crippen LogP contribution in [0.15, 0.2) is 11.6 Å². The molecule has 13 N–H and O–H groups in total. The molecule has 9 aliphatic rings. The van der Waals surface area contributed by atoms with E-state index in [9.17, 15) is 66.4 Å². The van der Waals surface area contributed by atoms with E-state index in [1.165, 1.54) is 12.5 Å². The first-order valence-electron chi connectivity index (χ1n) is 26.3. The summed E-state index contributed by atoms with van der Waals surface area (Å²) in [7, 11) is 0. The Bertz CT molecular complexity index is 1860. The molecule has 0 spiro atoms. The van der Waals surface area contributed by atoms with Crippen molar-refractivity contribution in [2.45, 2.75) is 227 Å². The number of hydrogen-bond acceptors (Lipinski definition) is 22. The van der Waals surface area contributed by atoms with E-state index < -0.39 is 148 Å². The molecule has 5 saturated heterocycles. The molecule has 414 valence electrons. The van der Waals surface area contributed by atoms with Crippen molar-refractivity contribution in [2.24, 2.45) is 46.3 Å². The molecule has 0 radical (unpaired) electrons. The smallest absolute Gasteiger partial charge is 0.187 e. The van der Waals surface area contributed by atoms with Crippen LogP contribution in [0, 0.1) is 46.3 Å². The first-order valence-corrected chi connectivity index (χ1v) is 26.3. The minimum Gasteiger partial charge on any atom is -0.394 e. The number of ether oxygens (including phenoxy) is 9. The van der Waals surface area contributed by atoms with E-state index in [0.717, 1.165) is 32.1 Å². The maximum Gasteiger partial charge on any atom is 0.187 e. The Morgan fingerprint density at radius 1 is 0.694 bits per heavy atom. The molecule has 22 heteroatoms. The summed E-state index contributed by atoms with van der Waals surface area (Å²) in [5.41, 5.74) is 1.05. The van der Waals surface area contributed by atoms with Crippen molar-refractivity contribution in [3.8, 4) is 0 Å². The summed E-state index contributed by atoms with van der Waals surface area (Å²) in [5.74, 6) is -0.253. The Labute approximate surface area is 419 Å². The monoisotopic (exact) mass is 1030 g/mol. The van der Waals surface area contributed by atoms with E-state index >= 15 is 0 Å². The van der Waals surface area contributed by atoms with Gasteiger partial charge < -0.3 is 109 Å². The van der Waals surface area contributed by atoms with Gasteiger partial charge in [-0.3, -0.25) is 0 Å². The normalized spacial score (nSPS) is 55.1. The average molecular weight is 1040 g/mol. The summed E-state index contributed by atoms with van der Waals surface area (Å²) >= 11 is 0. The average Bonchev–Trinajstić information content (AvgIpc) is 3.80. The molecular weight excluding hydrogens is 953 g/mol.